The maximum Gasteiger partial charge on any atom is 0.250 e. The van der Waals surface area contributed by atoms with Gasteiger partial charge in [0.15, 0.2) is 0 Å². The predicted octanol–water partition coefficient (Wildman–Crippen LogP) is 0.714. The molecule has 1 fully saturated rings. The van der Waals surface area contributed by atoms with Gasteiger partial charge in [-0.25, -0.2) is 0 Å². The largest absolute Gasteiger partial charge is 0.366 e. The van der Waals surface area contributed by atoms with Crippen molar-refractivity contribution >= 4 is 29.9 Å². The second-order valence-electron chi connectivity index (χ2n) is 4.88. The predicted molar refractivity (Wildman–Crippen MR) is 87.3 cm³/mol. The highest BCUT2D eigenvalue weighted by atomic mass is 35.5. The van der Waals surface area contributed by atoms with Gasteiger partial charge in [-0.3, -0.25) is 9.59 Å². The molecule has 3 N–H and O–H groups in total. The number of carbonyl (C=O) groups is 2. The lowest BCUT2D eigenvalue weighted by Crippen LogP contribution is -2.49. The Kier molecular flexibility index (Phi) is 7.87. The number of rotatable bonds is 5. The number of anilines is 1. The summed E-state index contributed by atoms with van der Waals surface area (Å²) >= 11 is 0. The summed E-state index contributed by atoms with van der Waals surface area (Å²) in [6, 6.07) is 7.65. The molecule has 1 aliphatic rings. The molecule has 1 saturated heterocycles. The molecule has 2 rings (SSSR count). The Labute approximate surface area is 136 Å². The van der Waals surface area contributed by atoms with E-state index in [1.54, 1.807) is 0 Å². The van der Waals surface area contributed by atoms with Gasteiger partial charge >= 0.3 is 0 Å². The Morgan fingerprint density at radius 1 is 1.41 bits per heavy atom. The van der Waals surface area contributed by atoms with Gasteiger partial charge in [-0.1, -0.05) is 19.1 Å². The minimum atomic E-state index is -0.519. The lowest BCUT2D eigenvalue weighted by Gasteiger charge is -2.22. The quantitative estimate of drug-likeness (QED) is 0.744. The van der Waals surface area contributed by atoms with E-state index >= 15 is 0 Å². The number of amides is 2. The molecule has 0 bridgehead atoms. The maximum absolute atomic E-state index is 11.8. The topological polar surface area (TPSA) is 79.5 Å². The first kappa shape index (κ1) is 18.4. The van der Waals surface area contributed by atoms with Crippen LogP contribution in [0.3, 0.4) is 0 Å². The molecule has 0 spiro atoms. The van der Waals surface area contributed by atoms with Crippen LogP contribution in [0.25, 0.3) is 0 Å². The Morgan fingerprint density at radius 3 is 2.91 bits per heavy atom. The molecule has 1 aromatic rings. The minimum Gasteiger partial charge on any atom is -0.366 e. The van der Waals surface area contributed by atoms with E-state index in [0.717, 1.165) is 24.2 Å². The van der Waals surface area contributed by atoms with E-state index in [0.29, 0.717) is 13.2 Å². The highest BCUT2D eigenvalue weighted by Gasteiger charge is 2.21. The van der Waals surface area contributed by atoms with Crippen LogP contribution in [0, 0.1) is 0 Å². The highest BCUT2D eigenvalue weighted by Crippen LogP contribution is 2.10. The molecule has 7 heteroatoms. The summed E-state index contributed by atoms with van der Waals surface area (Å²) in [4.78, 5) is 23.6. The standard InChI is InChI=1S/C15H21N3O3.ClH/c1-2-11-4-3-5-12(8-11)18-14(19)10-17-15(20)13-9-16-6-7-21-13;/h3-5,8,13,16H,2,6-7,9-10H2,1H3,(H,17,20)(H,18,19);1H. The zero-order valence-electron chi connectivity index (χ0n) is 12.6. The molecule has 1 unspecified atom stereocenters. The van der Waals surface area contributed by atoms with Crippen molar-refractivity contribution in [2.75, 3.05) is 31.6 Å². The van der Waals surface area contributed by atoms with Crippen LogP contribution in [0.1, 0.15) is 12.5 Å². The van der Waals surface area contributed by atoms with Crippen molar-refractivity contribution in [2.45, 2.75) is 19.4 Å². The molecule has 0 saturated carbocycles. The van der Waals surface area contributed by atoms with Gasteiger partial charge < -0.3 is 20.7 Å². The van der Waals surface area contributed by atoms with Crippen LogP contribution in [0.15, 0.2) is 24.3 Å². The fraction of sp³-hybridized carbons (Fsp3) is 0.467. The average Bonchev–Trinajstić information content (AvgIpc) is 2.53. The normalized spacial score (nSPS) is 17.2. The number of nitrogens with one attached hydrogen (secondary N) is 3. The van der Waals surface area contributed by atoms with E-state index in [-0.39, 0.29) is 30.8 Å². The van der Waals surface area contributed by atoms with Gasteiger partial charge in [-0.2, -0.15) is 0 Å². The monoisotopic (exact) mass is 327 g/mol. The molecule has 6 nitrogen and oxygen atoms in total. The fourth-order valence-electron chi connectivity index (χ4n) is 2.09. The first-order chi connectivity index (χ1) is 10.2. The van der Waals surface area contributed by atoms with Crippen LogP contribution in [0.2, 0.25) is 0 Å². The van der Waals surface area contributed by atoms with Crippen molar-refractivity contribution in [3.05, 3.63) is 29.8 Å². The summed E-state index contributed by atoms with van der Waals surface area (Å²) in [5, 5.41) is 8.42. The molecule has 1 aromatic carbocycles. The Balaban J connectivity index is 0.00000242. The fourth-order valence-corrected chi connectivity index (χ4v) is 2.09. The van der Waals surface area contributed by atoms with Crippen molar-refractivity contribution in [2.24, 2.45) is 0 Å². The van der Waals surface area contributed by atoms with Crippen molar-refractivity contribution in [3.63, 3.8) is 0 Å². The summed E-state index contributed by atoms with van der Waals surface area (Å²) < 4.78 is 5.31. The highest BCUT2D eigenvalue weighted by molar-refractivity contribution is 5.95. The Hall–Kier alpha value is -1.63. The van der Waals surface area contributed by atoms with Gasteiger partial charge in [0.2, 0.25) is 5.91 Å². The van der Waals surface area contributed by atoms with E-state index in [4.69, 9.17) is 4.74 Å². The molecule has 1 aliphatic heterocycles. The van der Waals surface area contributed by atoms with Gasteiger partial charge in [0.05, 0.1) is 13.2 Å². The maximum atomic E-state index is 11.8. The zero-order valence-corrected chi connectivity index (χ0v) is 13.4. The third kappa shape index (κ3) is 5.63. The van der Waals surface area contributed by atoms with Crippen LogP contribution in [-0.2, 0) is 20.7 Å². The molecular formula is C15H22ClN3O3. The third-order valence-corrected chi connectivity index (χ3v) is 3.26. The summed E-state index contributed by atoms with van der Waals surface area (Å²) in [6.07, 6.45) is 0.391. The van der Waals surface area contributed by atoms with Crippen LogP contribution < -0.4 is 16.0 Å². The number of aryl methyl sites for hydroxylation is 1. The number of morpholine rings is 1. The van der Waals surface area contributed by atoms with Gasteiger partial charge in [-0.05, 0) is 24.1 Å². The van der Waals surface area contributed by atoms with E-state index in [9.17, 15) is 9.59 Å². The summed E-state index contributed by atoms with van der Waals surface area (Å²) in [5.74, 6) is -0.514. The van der Waals surface area contributed by atoms with Crippen molar-refractivity contribution < 1.29 is 14.3 Å². The SMILES string of the molecule is CCc1cccc(NC(=O)CNC(=O)C2CNCCO2)c1.Cl. The van der Waals surface area contributed by atoms with Crippen LogP contribution in [0.4, 0.5) is 5.69 Å². The van der Waals surface area contributed by atoms with Gasteiger partial charge in [0, 0.05) is 18.8 Å². The molecule has 1 atom stereocenters. The van der Waals surface area contributed by atoms with Crippen molar-refractivity contribution in [1.29, 1.82) is 0 Å². The van der Waals surface area contributed by atoms with Crippen LogP contribution in [0.5, 0.6) is 0 Å². The number of benzene rings is 1. The Morgan fingerprint density at radius 2 is 2.23 bits per heavy atom. The van der Waals surface area contributed by atoms with E-state index in [1.165, 1.54) is 0 Å². The van der Waals surface area contributed by atoms with E-state index in [1.807, 2.05) is 24.3 Å². The van der Waals surface area contributed by atoms with E-state index in [2.05, 4.69) is 22.9 Å². The number of hydrogen-bond acceptors (Lipinski definition) is 4. The summed E-state index contributed by atoms with van der Waals surface area (Å²) in [5.41, 5.74) is 1.89. The van der Waals surface area contributed by atoms with Crippen molar-refractivity contribution in [3.8, 4) is 0 Å². The van der Waals surface area contributed by atoms with Crippen LogP contribution in [-0.4, -0.2) is 44.2 Å². The first-order valence-corrected chi connectivity index (χ1v) is 7.18. The molecule has 22 heavy (non-hydrogen) atoms. The van der Waals surface area contributed by atoms with Crippen molar-refractivity contribution in [1.82, 2.24) is 10.6 Å². The average molecular weight is 328 g/mol. The number of halogens is 1. The molecule has 2 amide bonds. The number of carbonyl (C=O) groups excluding carboxylic acids is 2. The summed E-state index contributed by atoms with van der Waals surface area (Å²) in [6.45, 7) is 3.73. The first-order valence-electron chi connectivity index (χ1n) is 7.18. The third-order valence-electron chi connectivity index (χ3n) is 3.26. The van der Waals surface area contributed by atoms with Crippen LogP contribution >= 0.6 is 12.4 Å². The van der Waals surface area contributed by atoms with Gasteiger partial charge in [0.1, 0.15) is 6.10 Å². The molecule has 0 aliphatic carbocycles. The minimum absolute atomic E-state index is 0. The molecule has 0 radical (unpaired) electrons. The Bertz CT molecular complexity index is 505. The van der Waals surface area contributed by atoms with Gasteiger partial charge in [-0.15, -0.1) is 12.4 Å². The lowest BCUT2D eigenvalue weighted by molar-refractivity contribution is -0.135. The number of ether oxygens (including phenoxy) is 1. The second kappa shape index (κ2) is 9.40. The molecule has 0 aromatic heterocycles. The van der Waals surface area contributed by atoms with E-state index < -0.39 is 6.10 Å². The number of hydrogen-bond donors (Lipinski definition) is 3. The molecule has 1 heterocycles. The zero-order chi connectivity index (χ0) is 15.1. The smallest absolute Gasteiger partial charge is 0.250 e. The lowest BCUT2D eigenvalue weighted by atomic mass is 10.1. The second-order valence-corrected chi connectivity index (χ2v) is 4.88. The molecular weight excluding hydrogens is 306 g/mol. The molecule has 122 valence electrons. The summed E-state index contributed by atoms with van der Waals surface area (Å²) in [7, 11) is 0. The van der Waals surface area contributed by atoms with Gasteiger partial charge in [0.25, 0.3) is 5.91 Å².